The van der Waals surface area contributed by atoms with Crippen molar-refractivity contribution < 1.29 is 28.6 Å². The van der Waals surface area contributed by atoms with Crippen molar-refractivity contribution in [3.05, 3.63) is 60.2 Å². The minimum Gasteiger partial charge on any atom is -0.458 e. The molecule has 0 spiro atoms. The van der Waals surface area contributed by atoms with Crippen LogP contribution in [0.3, 0.4) is 0 Å². The van der Waals surface area contributed by atoms with Crippen LogP contribution < -0.4 is 5.32 Å². The molecule has 0 saturated carbocycles. The highest BCUT2D eigenvalue weighted by Gasteiger charge is 2.27. The molecule has 0 saturated heterocycles. The SMILES string of the molecule is C=CC(=O)OCC(COC(=O)C(=C)C)OC(=O)NC(C)(C)c1cccc(C(C)(C)C)c1. The Morgan fingerprint density at radius 3 is 2.19 bits per heavy atom. The van der Waals surface area contributed by atoms with Crippen molar-refractivity contribution >= 4 is 18.0 Å². The van der Waals surface area contributed by atoms with Crippen molar-refractivity contribution in [3.8, 4) is 0 Å². The molecular weight excluding hydrogens is 398 g/mol. The van der Waals surface area contributed by atoms with E-state index < -0.39 is 29.7 Å². The number of carbonyl (C=O) groups excluding carboxylic acids is 3. The second-order valence-corrected chi connectivity index (χ2v) is 8.82. The van der Waals surface area contributed by atoms with Crippen LogP contribution in [0, 0.1) is 0 Å². The van der Waals surface area contributed by atoms with Gasteiger partial charge in [-0.2, -0.15) is 0 Å². The van der Waals surface area contributed by atoms with Crippen LogP contribution in [-0.2, 0) is 34.8 Å². The lowest BCUT2D eigenvalue weighted by molar-refractivity contribution is -0.147. The van der Waals surface area contributed by atoms with Gasteiger partial charge in [-0.25, -0.2) is 14.4 Å². The molecule has 170 valence electrons. The van der Waals surface area contributed by atoms with E-state index in [9.17, 15) is 14.4 Å². The van der Waals surface area contributed by atoms with Crippen molar-refractivity contribution in [3.63, 3.8) is 0 Å². The number of benzene rings is 1. The summed E-state index contributed by atoms with van der Waals surface area (Å²) in [6, 6.07) is 7.95. The van der Waals surface area contributed by atoms with Crippen LogP contribution in [0.4, 0.5) is 4.79 Å². The molecule has 0 fully saturated rings. The normalized spacial score (nSPS) is 12.3. The first-order valence-electron chi connectivity index (χ1n) is 9.98. The van der Waals surface area contributed by atoms with E-state index in [1.54, 1.807) is 0 Å². The zero-order valence-corrected chi connectivity index (χ0v) is 19.2. The first kappa shape index (κ1) is 25.9. The molecule has 0 aliphatic heterocycles. The number of esters is 2. The maximum atomic E-state index is 12.6. The lowest BCUT2D eigenvalue weighted by Gasteiger charge is -2.29. The van der Waals surface area contributed by atoms with Gasteiger partial charge in [0.2, 0.25) is 0 Å². The number of rotatable bonds is 9. The van der Waals surface area contributed by atoms with E-state index in [0.29, 0.717) is 0 Å². The van der Waals surface area contributed by atoms with E-state index in [4.69, 9.17) is 14.2 Å². The molecule has 1 N–H and O–H groups in total. The van der Waals surface area contributed by atoms with E-state index in [1.807, 2.05) is 38.1 Å². The van der Waals surface area contributed by atoms with Crippen LogP contribution in [0.1, 0.15) is 52.7 Å². The monoisotopic (exact) mass is 431 g/mol. The fraction of sp³-hybridized carbons (Fsp3) is 0.458. The first-order valence-corrected chi connectivity index (χ1v) is 9.98. The number of amides is 1. The Labute approximate surface area is 184 Å². The van der Waals surface area contributed by atoms with Crippen LogP contribution in [-0.4, -0.2) is 37.3 Å². The molecule has 7 heteroatoms. The zero-order chi connectivity index (χ0) is 23.8. The third kappa shape index (κ3) is 8.66. The Kier molecular flexibility index (Phi) is 9.03. The predicted molar refractivity (Wildman–Crippen MR) is 119 cm³/mol. The molecule has 0 aliphatic carbocycles. The summed E-state index contributed by atoms with van der Waals surface area (Å²) in [6.45, 7) is 17.8. The number of ether oxygens (including phenoxy) is 3. The summed E-state index contributed by atoms with van der Waals surface area (Å²) in [6.07, 6.45) is -0.747. The van der Waals surface area contributed by atoms with Crippen LogP contribution in [0.2, 0.25) is 0 Å². The highest BCUT2D eigenvalue weighted by molar-refractivity contribution is 5.87. The summed E-state index contributed by atoms with van der Waals surface area (Å²) in [5.74, 6) is -1.32. The molecule has 0 bridgehead atoms. The second kappa shape index (κ2) is 10.8. The Bertz CT molecular complexity index is 835. The van der Waals surface area contributed by atoms with Crippen molar-refractivity contribution in [1.29, 1.82) is 0 Å². The van der Waals surface area contributed by atoms with Crippen LogP contribution in [0.5, 0.6) is 0 Å². The molecule has 1 aromatic carbocycles. The standard InChI is InChI=1S/C24H33NO6/c1-9-20(26)29-14-19(15-30-21(27)16(2)3)31-22(28)25-24(7,8)18-12-10-11-17(13-18)23(4,5)6/h9-13,19H,1-2,14-15H2,3-8H3,(H,25,28). The van der Waals surface area contributed by atoms with Gasteiger partial charge in [0.1, 0.15) is 13.2 Å². The number of alkyl carbamates (subject to hydrolysis) is 1. The lowest BCUT2D eigenvalue weighted by Crippen LogP contribution is -2.44. The van der Waals surface area contributed by atoms with E-state index in [1.165, 1.54) is 6.92 Å². The van der Waals surface area contributed by atoms with Gasteiger partial charge < -0.3 is 19.5 Å². The molecule has 0 aliphatic rings. The minimum absolute atomic E-state index is 0.0418. The van der Waals surface area contributed by atoms with Crippen LogP contribution in [0.25, 0.3) is 0 Å². The predicted octanol–water partition coefficient (Wildman–Crippen LogP) is 4.16. The van der Waals surface area contributed by atoms with Gasteiger partial charge in [0.15, 0.2) is 6.10 Å². The third-order valence-corrected chi connectivity index (χ3v) is 4.47. The topological polar surface area (TPSA) is 90.9 Å². The fourth-order valence-electron chi connectivity index (χ4n) is 2.52. The maximum Gasteiger partial charge on any atom is 0.408 e. The van der Waals surface area contributed by atoms with Crippen molar-refractivity contribution in [2.75, 3.05) is 13.2 Å². The molecule has 7 nitrogen and oxygen atoms in total. The molecule has 0 radical (unpaired) electrons. The van der Waals surface area contributed by atoms with E-state index in [-0.39, 0.29) is 24.2 Å². The summed E-state index contributed by atoms with van der Waals surface area (Å²) in [7, 11) is 0. The highest BCUT2D eigenvalue weighted by Crippen LogP contribution is 2.27. The van der Waals surface area contributed by atoms with Crippen molar-refractivity contribution in [2.24, 2.45) is 0 Å². The molecule has 1 aromatic rings. The Morgan fingerprint density at radius 2 is 1.65 bits per heavy atom. The van der Waals surface area contributed by atoms with Gasteiger partial charge in [0, 0.05) is 11.6 Å². The van der Waals surface area contributed by atoms with E-state index in [0.717, 1.165) is 17.2 Å². The highest BCUT2D eigenvalue weighted by atomic mass is 16.6. The van der Waals surface area contributed by atoms with E-state index >= 15 is 0 Å². The van der Waals surface area contributed by atoms with Gasteiger partial charge in [0.25, 0.3) is 0 Å². The van der Waals surface area contributed by atoms with Gasteiger partial charge in [-0.1, -0.05) is 58.2 Å². The zero-order valence-electron chi connectivity index (χ0n) is 19.2. The Morgan fingerprint density at radius 1 is 1.06 bits per heavy atom. The largest absolute Gasteiger partial charge is 0.458 e. The van der Waals surface area contributed by atoms with Gasteiger partial charge in [-0.05, 0) is 37.3 Å². The van der Waals surface area contributed by atoms with E-state index in [2.05, 4.69) is 39.2 Å². The van der Waals surface area contributed by atoms with Crippen LogP contribution in [0.15, 0.2) is 49.1 Å². The molecule has 1 atom stereocenters. The maximum absolute atomic E-state index is 12.6. The summed E-state index contributed by atoms with van der Waals surface area (Å²) < 4.78 is 15.3. The minimum atomic E-state index is -0.996. The smallest absolute Gasteiger partial charge is 0.408 e. The second-order valence-electron chi connectivity index (χ2n) is 8.82. The number of hydrogen-bond donors (Lipinski definition) is 1. The van der Waals surface area contributed by atoms with Crippen LogP contribution >= 0.6 is 0 Å². The molecule has 1 amide bonds. The average molecular weight is 432 g/mol. The number of carbonyl (C=O) groups is 3. The summed E-state index contributed by atoms with van der Waals surface area (Å²) in [4.78, 5) is 35.6. The Balaban J connectivity index is 2.88. The van der Waals surface area contributed by atoms with Gasteiger partial charge in [-0.3, -0.25) is 0 Å². The summed E-state index contributed by atoms with van der Waals surface area (Å²) in [5.41, 5.74) is 1.45. The quantitative estimate of drug-likeness (QED) is 0.359. The average Bonchev–Trinajstić information content (AvgIpc) is 2.68. The van der Waals surface area contributed by atoms with Gasteiger partial charge >= 0.3 is 18.0 Å². The molecule has 1 rings (SSSR count). The molecule has 31 heavy (non-hydrogen) atoms. The fourth-order valence-corrected chi connectivity index (χ4v) is 2.52. The summed E-state index contributed by atoms with van der Waals surface area (Å²) in [5, 5.41) is 2.81. The molecule has 1 unspecified atom stereocenters. The lowest BCUT2D eigenvalue weighted by atomic mass is 9.83. The number of hydrogen-bond acceptors (Lipinski definition) is 6. The Hall–Kier alpha value is -3.09. The van der Waals surface area contributed by atoms with Gasteiger partial charge in [0.05, 0.1) is 5.54 Å². The molecular formula is C24H33NO6. The molecule has 0 heterocycles. The molecule has 0 aromatic heterocycles. The number of nitrogens with one attached hydrogen (secondary N) is 1. The van der Waals surface area contributed by atoms with Gasteiger partial charge in [-0.15, -0.1) is 0 Å². The summed E-state index contributed by atoms with van der Waals surface area (Å²) >= 11 is 0. The first-order chi connectivity index (χ1) is 14.3. The van der Waals surface area contributed by atoms with Crippen molar-refractivity contribution in [1.82, 2.24) is 5.32 Å². The third-order valence-electron chi connectivity index (χ3n) is 4.47. The van der Waals surface area contributed by atoms with Crippen molar-refractivity contribution in [2.45, 2.75) is 58.6 Å².